The number of aromatic nitrogens is 2. The molecule has 19 heavy (non-hydrogen) atoms. The van der Waals surface area contributed by atoms with Gasteiger partial charge in [-0.2, -0.15) is 5.10 Å². The lowest BCUT2D eigenvalue weighted by molar-refractivity contribution is 0.0697. The van der Waals surface area contributed by atoms with Crippen molar-refractivity contribution in [2.24, 2.45) is 0 Å². The zero-order chi connectivity index (χ0) is 13.2. The van der Waals surface area contributed by atoms with Crippen LogP contribution >= 0.6 is 0 Å². The van der Waals surface area contributed by atoms with E-state index < -0.39 is 5.97 Å². The van der Waals surface area contributed by atoms with Crippen molar-refractivity contribution in [2.45, 2.75) is 25.3 Å². The maximum Gasteiger partial charge on any atom is 0.339 e. The molecule has 1 aromatic heterocycles. The minimum absolute atomic E-state index is 0.247. The van der Waals surface area contributed by atoms with Crippen molar-refractivity contribution in [1.82, 2.24) is 15.1 Å². The van der Waals surface area contributed by atoms with E-state index in [9.17, 15) is 9.90 Å². The Morgan fingerprint density at radius 1 is 1.32 bits per heavy atom. The van der Waals surface area contributed by atoms with Crippen molar-refractivity contribution in [2.75, 3.05) is 31.1 Å². The summed E-state index contributed by atoms with van der Waals surface area (Å²) in [6, 6.07) is 2.06. The van der Waals surface area contributed by atoms with Crippen LogP contribution in [-0.2, 0) is 0 Å². The summed E-state index contributed by atoms with van der Waals surface area (Å²) in [6.07, 6.45) is 5.07. The fourth-order valence-corrected chi connectivity index (χ4v) is 3.06. The van der Waals surface area contributed by atoms with Gasteiger partial charge in [0.2, 0.25) is 0 Å². The Bertz CT molecular complexity index is 473. The minimum atomic E-state index is -0.936. The molecule has 6 heteroatoms. The summed E-state index contributed by atoms with van der Waals surface area (Å²) in [7, 11) is 0. The van der Waals surface area contributed by atoms with Crippen LogP contribution in [0.2, 0.25) is 0 Å². The average molecular weight is 262 g/mol. The zero-order valence-electron chi connectivity index (χ0n) is 10.8. The first-order chi connectivity index (χ1) is 9.25. The molecule has 0 radical (unpaired) electrons. The molecule has 6 nitrogen and oxygen atoms in total. The third-order valence-corrected chi connectivity index (χ3v) is 4.05. The number of hydrogen-bond donors (Lipinski definition) is 1. The van der Waals surface area contributed by atoms with Gasteiger partial charge in [-0.05, 0) is 38.4 Å². The van der Waals surface area contributed by atoms with E-state index in [-0.39, 0.29) is 5.56 Å². The third-order valence-electron chi connectivity index (χ3n) is 4.05. The SMILES string of the molecule is O=C(O)c1ccnnc1N1CCC(N2CCCC2)C1. The van der Waals surface area contributed by atoms with E-state index in [0.717, 1.165) is 19.5 Å². The molecule has 3 heterocycles. The molecule has 2 fully saturated rings. The van der Waals surface area contributed by atoms with Crippen LogP contribution < -0.4 is 4.90 Å². The summed E-state index contributed by atoms with van der Waals surface area (Å²) < 4.78 is 0. The van der Waals surface area contributed by atoms with Crippen LogP contribution in [0.25, 0.3) is 0 Å². The summed E-state index contributed by atoms with van der Waals surface area (Å²) >= 11 is 0. The first-order valence-electron chi connectivity index (χ1n) is 6.79. The fraction of sp³-hybridized carbons (Fsp3) is 0.615. The van der Waals surface area contributed by atoms with Crippen LogP contribution in [0.5, 0.6) is 0 Å². The van der Waals surface area contributed by atoms with Gasteiger partial charge in [0.05, 0.1) is 6.20 Å². The molecule has 1 unspecified atom stereocenters. The van der Waals surface area contributed by atoms with E-state index in [4.69, 9.17) is 0 Å². The average Bonchev–Trinajstić information content (AvgIpc) is 3.09. The van der Waals surface area contributed by atoms with E-state index in [0.29, 0.717) is 11.9 Å². The lowest BCUT2D eigenvalue weighted by Crippen LogP contribution is -2.35. The number of carbonyl (C=O) groups is 1. The summed E-state index contributed by atoms with van der Waals surface area (Å²) in [5.74, 6) is -0.425. The molecule has 2 aliphatic heterocycles. The predicted molar refractivity (Wildman–Crippen MR) is 70.4 cm³/mol. The van der Waals surface area contributed by atoms with E-state index >= 15 is 0 Å². The van der Waals surface area contributed by atoms with Crippen molar-refractivity contribution in [3.63, 3.8) is 0 Å². The number of carboxylic acid groups (broad SMARTS) is 1. The van der Waals surface area contributed by atoms with Gasteiger partial charge in [0, 0.05) is 19.1 Å². The first-order valence-corrected chi connectivity index (χ1v) is 6.79. The monoisotopic (exact) mass is 262 g/mol. The van der Waals surface area contributed by atoms with Crippen LogP contribution in [0.4, 0.5) is 5.82 Å². The summed E-state index contributed by atoms with van der Waals surface area (Å²) in [6.45, 7) is 4.06. The van der Waals surface area contributed by atoms with E-state index in [1.54, 1.807) is 0 Å². The molecule has 1 N–H and O–H groups in total. The topological polar surface area (TPSA) is 69.6 Å². The molecule has 2 aliphatic rings. The second kappa shape index (κ2) is 5.13. The van der Waals surface area contributed by atoms with Crippen LogP contribution in [0.15, 0.2) is 12.3 Å². The van der Waals surface area contributed by atoms with Crippen LogP contribution in [0.1, 0.15) is 29.6 Å². The van der Waals surface area contributed by atoms with Gasteiger partial charge < -0.3 is 10.0 Å². The summed E-state index contributed by atoms with van der Waals surface area (Å²) in [4.78, 5) is 15.8. The largest absolute Gasteiger partial charge is 0.478 e. The molecule has 0 saturated carbocycles. The second-order valence-electron chi connectivity index (χ2n) is 5.21. The van der Waals surface area contributed by atoms with Crippen LogP contribution in [0, 0.1) is 0 Å². The van der Waals surface area contributed by atoms with Crippen LogP contribution in [0.3, 0.4) is 0 Å². The number of nitrogens with zero attached hydrogens (tertiary/aromatic N) is 4. The van der Waals surface area contributed by atoms with Crippen molar-refractivity contribution in [3.05, 3.63) is 17.8 Å². The van der Waals surface area contributed by atoms with Crippen molar-refractivity contribution >= 4 is 11.8 Å². The summed E-state index contributed by atoms with van der Waals surface area (Å²) in [5, 5.41) is 17.0. The van der Waals surface area contributed by atoms with Gasteiger partial charge in [0.25, 0.3) is 0 Å². The molecule has 0 aromatic carbocycles. The highest BCUT2D eigenvalue weighted by atomic mass is 16.4. The highest BCUT2D eigenvalue weighted by molar-refractivity contribution is 5.93. The van der Waals surface area contributed by atoms with E-state index in [1.165, 1.54) is 38.2 Å². The Balaban J connectivity index is 1.75. The van der Waals surface area contributed by atoms with Gasteiger partial charge in [-0.3, -0.25) is 4.90 Å². The molecular formula is C13H18N4O2. The lowest BCUT2D eigenvalue weighted by Gasteiger charge is -2.24. The Labute approximate surface area is 112 Å². The number of carboxylic acids is 1. The molecule has 1 atom stereocenters. The van der Waals surface area contributed by atoms with Gasteiger partial charge in [0.1, 0.15) is 5.56 Å². The van der Waals surface area contributed by atoms with Crippen molar-refractivity contribution in [1.29, 1.82) is 0 Å². The standard InChI is InChI=1S/C13H18N4O2/c18-13(19)11-3-5-14-15-12(11)17-8-4-10(9-17)16-6-1-2-7-16/h3,5,10H,1-2,4,6-9H2,(H,18,19). The highest BCUT2D eigenvalue weighted by Crippen LogP contribution is 2.25. The molecule has 2 saturated heterocycles. The number of anilines is 1. The Morgan fingerprint density at radius 2 is 2.11 bits per heavy atom. The van der Waals surface area contributed by atoms with Gasteiger partial charge in [-0.25, -0.2) is 4.79 Å². The molecule has 3 rings (SSSR count). The van der Waals surface area contributed by atoms with E-state index in [2.05, 4.69) is 20.0 Å². The van der Waals surface area contributed by atoms with E-state index in [1.807, 2.05) is 0 Å². The van der Waals surface area contributed by atoms with Crippen LogP contribution in [-0.4, -0.2) is 58.4 Å². The Morgan fingerprint density at radius 3 is 2.84 bits per heavy atom. The van der Waals surface area contributed by atoms with Crippen molar-refractivity contribution < 1.29 is 9.90 Å². The minimum Gasteiger partial charge on any atom is -0.478 e. The maximum absolute atomic E-state index is 11.2. The molecule has 1 aromatic rings. The fourth-order valence-electron chi connectivity index (χ4n) is 3.06. The number of hydrogen-bond acceptors (Lipinski definition) is 5. The first kappa shape index (κ1) is 12.3. The Kier molecular flexibility index (Phi) is 3.33. The maximum atomic E-state index is 11.2. The number of likely N-dealkylation sites (tertiary alicyclic amines) is 1. The molecule has 0 spiro atoms. The van der Waals surface area contributed by atoms with Gasteiger partial charge in [0.15, 0.2) is 5.82 Å². The highest BCUT2D eigenvalue weighted by Gasteiger charge is 2.31. The predicted octanol–water partition coefficient (Wildman–Crippen LogP) is 0.849. The molecular weight excluding hydrogens is 244 g/mol. The smallest absolute Gasteiger partial charge is 0.339 e. The number of rotatable bonds is 3. The molecule has 0 amide bonds. The van der Waals surface area contributed by atoms with Gasteiger partial charge in [-0.1, -0.05) is 0 Å². The van der Waals surface area contributed by atoms with Crippen molar-refractivity contribution in [3.8, 4) is 0 Å². The number of aromatic carboxylic acids is 1. The zero-order valence-corrected chi connectivity index (χ0v) is 10.8. The summed E-state index contributed by atoms with van der Waals surface area (Å²) in [5.41, 5.74) is 0.247. The molecule has 102 valence electrons. The molecule has 0 bridgehead atoms. The van der Waals surface area contributed by atoms with Gasteiger partial charge in [-0.15, -0.1) is 5.10 Å². The Hall–Kier alpha value is -1.69. The molecule has 0 aliphatic carbocycles. The lowest BCUT2D eigenvalue weighted by atomic mass is 10.2. The normalized spacial score (nSPS) is 24.0. The second-order valence-corrected chi connectivity index (χ2v) is 5.21. The quantitative estimate of drug-likeness (QED) is 0.871. The third kappa shape index (κ3) is 2.40. The van der Waals surface area contributed by atoms with Gasteiger partial charge >= 0.3 is 5.97 Å².